The van der Waals surface area contributed by atoms with E-state index in [0.29, 0.717) is 17.2 Å². The fraction of sp³-hybridized carbons (Fsp3) is 0.258. The highest BCUT2D eigenvalue weighted by Gasteiger charge is 2.54. The minimum absolute atomic E-state index is 0.195. The van der Waals surface area contributed by atoms with E-state index >= 15 is 0 Å². The SMILES string of the molecule is CCSCC1=C(C(=O)OC(c2ccccc2)c2ccccc2)N2C(=O)C(NC(=O)Cc3ccccc3)[C@H]2SC1. The number of benzene rings is 3. The summed E-state index contributed by atoms with van der Waals surface area (Å²) in [6.45, 7) is 2.07. The maximum Gasteiger partial charge on any atom is 0.356 e. The number of carbonyl (C=O) groups excluding carboxylic acids is 3. The van der Waals surface area contributed by atoms with E-state index in [1.165, 1.54) is 4.90 Å². The largest absolute Gasteiger partial charge is 0.448 e. The van der Waals surface area contributed by atoms with Crippen LogP contribution in [0, 0.1) is 0 Å². The maximum atomic E-state index is 13.9. The van der Waals surface area contributed by atoms with Crippen molar-refractivity contribution in [2.45, 2.75) is 30.9 Å². The molecule has 0 saturated carbocycles. The number of carbonyl (C=O) groups is 3. The second-order valence-corrected chi connectivity index (χ2v) is 11.7. The number of ether oxygens (including phenoxy) is 1. The lowest BCUT2D eigenvalue weighted by molar-refractivity contribution is -0.154. The molecule has 0 bridgehead atoms. The van der Waals surface area contributed by atoms with Crippen molar-refractivity contribution < 1.29 is 19.1 Å². The molecule has 1 unspecified atom stereocenters. The van der Waals surface area contributed by atoms with Crippen molar-refractivity contribution in [3.63, 3.8) is 0 Å². The van der Waals surface area contributed by atoms with E-state index in [9.17, 15) is 14.4 Å². The molecule has 1 N–H and O–H groups in total. The number of fused-ring (bicyclic) bond motifs is 1. The van der Waals surface area contributed by atoms with Crippen LogP contribution in [0.15, 0.2) is 102 Å². The average Bonchev–Trinajstić information content (AvgIpc) is 2.98. The number of nitrogens with one attached hydrogen (secondary N) is 1. The Labute approximate surface area is 237 Å². The van der Waals surface area contributed by atoms with Crippen LogP contribution in [-0.2, 0) is 25.5 Å². The molecule has 2 amide bonds. The number of thioether (sulfide) groups is 2. The minimum Gasteiger partial charge on any atom is -0.448 e. The summed E-state index contributed by atoms with van der Waals surface area (Å²) in [5.41, 5.74) is 3.78. The molecule has 200 valence electrons. The van der Waals surface area contributed by atoms with Crippen LogP contribution in [-0.4, -0.2) is 51.4 Å². The normalized spacial score (nSPS) is 18.4. The molecule has 0 radical (unpaired) electrons. The lowest BCUT2D eigenvalue weighted by Crippen LogP contribution is -2.70. The Hall–Kier alpha value is -3.49. The van der Waals surface area contributed by atoms with Gasteiger partial charge in [-0.3, -0.25) is 14.5 Å². The van der Waals surface area contributed by atoms with E-state index in [1.807, 2.05) is 91.0 Å². The number of rotatable bonds is 10. The molecule has 2 aliphatic heterocycles. The van der Waals surface area contributed by atoms with Gasteiger partial charge < -0.3 is 10.1 Å². The molecular formula is C31H30N2O4S2. The smallest absolute Gasteiger partial charge is 0.356 e. The first-order chi connectivity index (χ1) is 19.1. The first-order valence-corrected chi connectivity index (χ1v) is 15.2. The predicted molar refractivity (Wildman–Crippen MR) is 156 cm³/mol. The summed E-state index contributed by atoms with van der Waals surface area (Å²) < 4.78 is 6.17. The zero-order valence-corrected chi connectivity index (χ0v) is 23.3. The van der Waals surface area contributed by atoms with Gasteiger partial charge >= 0.3 is 5.97 Å². The molecule has 2 atom stereocenters. The van der Waals surface area contributed by atoms with E-state index in [1.54, 1.807) is 23.5 Å². The molecule has 3 aromatic carbocycles. The van der Waals surface area contributed by atoms with Crippen molar-refractivity contribution in [1.82, 2.24) is 10.2 Å². The van der Waals surface area contributed by atoms with Gasteiger partial charge in [-0.05, 0) is 28.0 Å². The highest BCUT2D eigenvalue weighted by Crippen LogP contribution is 2.42. The van der Waals surface area contributed by atoms with E-state index < -0.39 is 18.1 Å². The van der Waals surface area contributed by atoms with Crippen molar-refractivity contribution in [2.75, 3.05) is 17.3 Å². The summed E-state index contributed by atoms with van der Waals surface area (Å²) in [5, 5.41) is 2.55. The lowest BCUT2D eigenvalue weighted by Gasteiger charge is -2.50. The van der Waals surface area contributed by atoms with Crippen LogP contribution in [0.5, 0.6) is 0 Å². The van der Waals surface area contributed by atoms with Gasteiger partial charge in [0.25, 0.3) is 5.91 Å². The zero-order chi connectivity index (χ0) is 27.2. The van der Waals surface area contributed by atoms with Gasteiger partial charge in [-0.25, -0.2) is 4.79 Å². The number of β-lactam (4-membered cyclic amide) rings is 1. The molecule has 0 spiro atoms. The number of hydrogen-bond donors (Lipinski definition) is 1. The van der Waals surface area contributed by atoms with Crippen LogP contribution in [0.3, 0.4) is 0 Å². The van der Waals surface area contributed by atoms with Gasteiger partial charge in [0.05, 0.1) is 6.42 Å². The monoisotopic (exact) mass is 558 g/mol. The maximum absolute atomic E-state index is 13.9. The summed E-state index contributed by atoms with van der Waals surface area (Å²) in [6, 6.07) is 28.0. The number of nitrogens with zero attached hydrogens (tertiary/aromatic N) is 1. The van der Waals surface area contributed by atoms with Crippen molar-refractivity contribution in [2.24, 2.45) is 0 Å². The Bertz CT molecular complexity index is 1310. The van der Waals surface area contributed by atoms with Crippen LogP contribution in [0.1, 0.15) is 29.7 Å². The Morgan fingerprint density at radius 1 is 0.974 bits per heavy atom. The molecule has 6 nitrogen and oxygen atoms in total. The van der Waals surface area contributed by atoms with Crippen molar-refractivity contribution in [3.8, 4) is 0 Å². The molecule has 2 aliphatic rings. The first-order valence-electron chi connectivity index (χ1n) is 13.0. The Kier molecular flexibility index (Phi) is 8.74. The van der Waals surface area contributed by atoms with Crippen molar-refractivity contribution >= 4 is 41.3 Å². The fourth-order valence-electron chi connectivity index (χ4n) is 4.76. The standard InChI is InChI=1S/C31H30N2O4S2/c1-2-38-19-24-20-39-30-26(32-25(34)18-21-12-6-3-7-13-21)29(35)33(30)27(24)31(36)37-28(22-14-8-4-9-15-22)23-16-10-5-11-17-23/h3-17,26,28,30H,2,18-20H2,1H3,(H,32,34)/t26?,30-/m1/s1. The van der Waals surface area contributed by atoms with E-state index in [-0.39, 0.29) is 23.6 Å². The fourth-order valence-corrected chi connectivity index (χ4v) is 6.93. The second kappa shape index (κ2) is 12.6. The number of amides is 2. The highest BCUT2D eigenvalue weighted by atomic mass is 32.2. The van der Waals surface area contributed by atoms with Gasteiger partial charge in [-0.15, -0.1) is 11.8 Å². The lowest BCUT2D eigenvalue weighted by atomic mass is 10.0. The molecule has 5 rings (SSSR count). The molecule has 1 fully saturated rings. The van der Waals surface area contributed by atoms with E-state index in [4.69, 9.17) is 4.74 Å². The van der Waals surface area contributed by atoms with E-state index in [0.717, 1.165) is 28.0 Å². The first kappa shape index (κ1) is 27.1. The van der Waals surface area contributed by atoms with Crippen molar-refractivity contribution in [3.05, 3.63) is 119 Å². The van der Waals surface area contributed by atoms with Crippen LogP contribution >= 0.6 is 23.5 Å². The van der Waals surface area contributed by atoms with Crippen LogP contribution < -0.4 is 5.32 Å². The molecule has 0 aliphatic carbocycles. The van der Waals surface area contributed by atoms with Gasteiger partial charge in [0, 0.05) is 11.5 Å². The van der Waals surface area contributed by atoms with Gasteiger partial charge in [-0.1, -0.05) is 97.9 Å². The predicted octanol–water partition coefficient (Wildman–Crippen LogP) is 4.97. The average molecular weight is 559 g/mol. The van der Waals surface area contributed by atoms with Gasteiger partial charge in [-0.2, -0.15) is 11.8 Å². The summed E-state index contributed by atoms with van der Waals surface area (Å²) >= 11 is 3.28. The quantitative estimate of drug-likeness (QED) is 0.280. The zero-order valence-electron chi connectivity index (χ0n) is 21.6. The Morgan fingerprint density at radius 3 is 2.15 bits per heavy atom. The molecular weight excluding hydrogens is 528 g/mol. The molecule has 8 heteroatoms. The van der Waals surface area contributed by atoms with Gasteiger partial charge in [0.1, 0.15) is 17.1 Å². The summed E-state index contributed by atoms with van der Waals surface area (Å²) in [6.07, 6.45) is -0.417. The molecule has 39 heavy (non-hydrogen) atoms. The second-order valence-electron chi connectivity index (χ2n) is 9.31. The van der Waals surface area contributed by atoms with Crippen LogP contribution in [0.2, 0.25) is 0 Å². The third kappa shape index (κ3) is 6.07. The highest BCUT2D eigenvalue weighted by molar-refractivity contribution is 8.01. The summed E-state index contributed by atoms with van der Waals surface area (Å²) in [5.74, 6) is 1.11. The summed E-state index contributed by atoms with van der Waals surface area (Å²) in [7, 11) is 0. The Morgan fingerprint density at radius 2 is 1.56 bits per heavy atom. The third-order valence-electron chi connectivity index (χ3n) is 6.67. The molecule has 3 aromatic rings. The molecule has 2 heterocycles. The number of esters is 1. The van der Waals surface area contributed by atoms with E-state index in [2.05, 4.69) is 12.2 Å². The van der Waals surface area contributed by atoms with Crippen LogP contribution in [0.25, 0.3) is 0 Å². The minimum atomic E-state index is -0.673. The topological polar surface area (TPSA) is 75.7 Å². The number of hydrogen-bond acceptors (Lipinski definition) is 6. The Balaban J connectivity index is 1.37. The van der Waals surface area contributed by atoms with Gasteiger partial charge in [0.15, 0.2) is 6.10 Å². The molecule has 0 aromatic heterocycles. The summed E-state index contributed by atoms with van der Waals surface area (Å²) in [4.78, 5) is 41.5. The third-order valence-corrected chi connectivity index (χ3v) is 8.98. The molecule has 1 saturated heterocycles. The van der Waals surface area contributed by atoms with Gasteiger partial charge in [0.2, 0.25) is 5.91 Å². The van der Waals surface area contributed by atoms with Crippen LogP contribution in [0.4, 0.5) is 0 Å². The van der Waals surface area contributed by atoms with Crippen molar-refractivity contribution in [1.29, 1.82) is 0 Å².